The van der Waals surface area contributed by atoms with Crippen LogP contribution in [0.1, 0.15) is 30.4 Å². The third-order valence-corrected chi connectivity index (χ3v) is 3.96. The number of nitrogens with zero attached hydrogens (tertiary/aromatic N) is 1. The molecule has 0 aliphatic rings. The SMILES string of the molecule is CCOC(=O)CN(C)C(=O)CC(c1ccccc1)c1ccccc1F. The average Bonchev–Trinajstić information content (AvgIpc) is 2.61. The molecule has 2 rings (SSSR count). The van der Waals surface area contributed by atoms with Crippen molar-refractivity contribution >= 4 is 11.9 Å². The van der Waals surface area contributed by atoms with Crippen LogP contribution in [0.25, 0.3) is 0 Å². The summed E-state index contributed by atoms with van der Waals surface area (Å²) in [6, 6.07) is 15.8. The topological polar surface area (TPSA) is 46.6 Å². The summed E-state index contributed by atoms with van der Waals surface area (Å²) in [7, 11) is 1.54. The Bertz CT molecular complexity index is 718. The minimum atomic E-state index is -0.458. The van der Waals surface area contributed by atoms with Crippen molar-refractivity contribution in [2.24, 2.45) is 0 Å². The first-order chi connectivity index (χ1) is 12.0. The van der Waals surface area contributed by atoms with Crippen LogP contribution in [0, 0.1) is 5.82 Å². The fourth-order valence-corrected chi connectivity index (χ4v) is 2.67. The molecule has 0 saturated heterocycles. The van der Waals surface area contributed by atoms with Crippen LogP contribution in [0.15, 0.2) is 54.6 Å². The van der Waals surface area contributed by atoms with Crippen molar-refractivity contribution in [3.05, 3.63) is 71.5 Å². The Balaban J connectivity index is 2.21. The van der Waals surface area contributed by atoms with Crippen LogP contribution in [0.5, 0.6) is 0 Å². The van der Waals surface area contributed by atoms with E-state index in [9.17, 15) is 14.0 Å². The van der Waals surface area contributed by atoms with Crippen LogP contribution in [0.4, 0.5) is 4.39 Å². The van der Waals surface area contributed by atoms with Crippen LogP contribution in [0.2, 0.25) is 0 Å². The Labute approximate surface area is 147 Å². The highest BCUT2D eigenvalue weighted by molar-refractivity contribution is 5.82. The van der Waals surface area contributed by atoms with E-state index < -0.39 is 11.9 Å². The number of carbonyl (C=O) groups excluding carboxylic acids is 2. The van der Waals surface area contributed by atoms with Crippen LogP contribution in [-0.4, -0.2) is 37.0 Å². The lowest BCUT2D eigenvalue weighted by Gasteiger charge is -2.22. The quantitative estimate of drug-likeness (QED) is 0.724. The summed E-state index contributed by atoms with van der Waals surface area (Å²) in [6.07, 6.45) is 0.0703. The minimum Gasteiger partial charge on any atom is -0.465 e. The van der Waals surface area contributed by atoms with Crippen molar-refractivity contribution in [2.75, 3.05) is 20.2 Å². The Morgan fingerprint density at radius 2 is 1.72 bits per heavy atom. The zero-order valence-electron chi connectivity index (χ0n) is 14.4. The van der Waals surface area contributed by atoms with Crippen LogP contribution in [-0.2, 0) is 14.3 Å². The molecule has 1 atom stereocenters. The van der Waals surface area contributed by atoms with Crippen LogP contribution in [0.3, 0.4) is 0 Å². The fourth-order valence-electron chi connectivity index (χ4n) is 2.67. The third kappa shape index (κ3) is 5.14. The van der Waals surface area contributed by atoms with Gasteiger partial charge in [-0.05, 0) is 24.1 Å². The number of carbonyl (C=O) groups is 2. The van der Waals surface area contributed by atoms with Crippen LogP contribution < -0.4 is 0 Å². The van der Waals surface area contributed by atoms with Gasteiger partial charge in [-0.25, -0.2) is 4.39 Å². The van der Waals surface area contributed by atoms with Gasteiger partial charge in [0, 0.05) is 19.4 Å². The van der Waals surface area contributed by atoms with Gasteiger partial charge in [0.15, 0.2) is 0 Å². The maximum absolute atomic E-state index is 14.3. The molecule has 2 aromatic carbocycles. The molecule has 1 amide bonds. The maximum Gasteiger partial charge on any atom is 0.325 e. The van der Waals surface area contributed by atoms with E-state index in [1.54, 1.807) is 32.2 Å². The summed E-state index contributed by atoms with van der Waals surface area (Å²) >= 11 is 0. The molecule has 0 fully saturated rings. The fraction of sp³-hybridized carbons (Fsp3) is 0.300. The number of hydrogen-bond acceptors (Lipinski definition) is 3. The summed E-state index contributed by atoms with van der Waals surface area (Å²) in [6.45, 7) is 1.86. The summed E-state index contributed by atoms with van der Waals surface area (Å²) in [5, 5.41) is 0. The van der Waals surface area contributed by atoms with Gasteiger partial charge in [0.25, 0.3) is 0 Å². The van der Waals surface area contributed by atoms with Gasteiger partial charge in [-0.15, -0.1) is 0 Å². The number of amides is 1. The molecule has 0 aliphatic heterocycles. The van der Waals surface area contributed by atoms with Gasteiger partial charge in [-0.1, -0.05) is 48.5 Å². The van der Waals surface area contributed by atoms with Crippen LogP contribution >= 0.6 is 0 Å². The molecule has 0 saturated carbocycles. The molecule has 0 aliphatic carbocycles. The second kappa shape index (κ2) is 8.97. The zero-order chi connectivity index (χ0) is 18.2. The molecule has 5 heteroatoms. The smallest absolute Gasteiger partial charge is 0.325 e. The van der Waals surface area contributed by atoms with Gasteiger partial charge in [0.2, 0.25) is 5.91 Å². The minimum absolute atomic E-state index is 0.0703. The van der Waals surface area contributed by atoms with E-state index in [1.165, 1.54) is 11.0 Å². The molecule has 0 N–H and O–H groups in total. The van der Waals surface area contributed by atoms with Gasteiger partial charge in [-0.2, -0.15) is 0 Å². The highest BCUT2D eigenvalue weighted by Gasteiger charge is 2.23. The van der Waals surface area contributed by atoms with Crippen molar-refractivity contribution in [1.82, 2.24) is 4.90 Å². The molecule has 1 unspecified atom stereocenters. The van der Waals surface area contributed by atoms with E-state index in [-0.39, 0.29) is 31.3 Å². The van der Waals surface area contributed by atoms with E-state index in [0.29, 0.717) is 5.56 Å². The molecular formula is C20H22FNO3. The Hall–Kier alpha value is -2.69. The highest BCUT2D eigenvalue weighted by atomic mass is 19.1. The number of esters is 1. The largest absolute Gasteiger partial charge is 0.465 e. The summed E-state index contributed by atoms with van der Waals surface area (Å²) < 4.78 is 19.2. The number of likely N-dealkylation sites (N-methyl/N-ethyl adjacent to an activating group) is 1. The van der Waals surface area contributed by atoms with Gasteiger partial charge >= 0.3 is 5.97 Å². The van der Waals surface area contributed by atoms with E-state index in [4.69, 9.17) is 4.74 Å². The standard InChI is InChI=1S/C20H22FNO3/c1-3-25-20(24)14-22(2)19(23)13-17(15-9-5-4-6-10-15)16-11-7-8-12-18(16)21/h4-12,17H,3,13-14H2,1-2H3. The molecule has 4 nitrogen and oxygen atoms in total. The van der Waals surface area contributed by atoms with Gasteiger partial charge in [0.05, 0.1) is 6.61 Å². The van der Waals surface area contributed by atoms with Gasteiger partial charge in [0.1, 0.15) is 12.4 Å². The average molecular weight is 343 g/mol. The Morgan fingerprint density at radius 3 is 2.36 bits per heavy atom. The molecule has 0 heterocycles. The Morgan fingerprint density at radius 1 is 1.08 bits per heavy atom. The zero-order valence-corrected chi connectivity index (χ0v) is 14.4. The number of rotatable bonds is 7. The lowest BCUT2D eigenvalue weighted by atomic mass is 9.88. The van der Waals surface area contributed by atoms with Crippen molar-refractivity contribution in [3.8, 4) is 0 Å². The Kier molecular flexibility index (Phi) is 6.69. The third-order valence-electron chi connectivity index (χ3n) is 3.96. The molecular weight excluding hydrogens is 321 g/mol. The molecule has 132 valence electrons. The van der Waals surface area contributed by atoms with Gasteiger partial charge in [-0.3, -0.25) is 9.59 Å². The molecule has 25 heavy (non-hydrogen) atoms. The summed E-state index contributed by atoms with van der Waals surface area (Å²) in [5.74, 6) is -1.47. The van der Waals surface area contributed by atoms with E-state index in [0.717, 1.165) is 5.56 Å². The van der Waals surface area contributed by atoms with E-state index in [2.05, 4.69) is 0 Å². The predicted octanol–water partition coefficient (Wildman–Crippen LogP) is 3.37. The van der Waals surface area contributed by atoms with E-state index in [1.807, 2.05) is 30.3 Å². The summed E-state index contributed by atoms with van der Waals surface area (Å²) in [5.41, 5.74) is 1.32. The molecule has 0 radical (unpaired) electrons. The van der Waals surface area contributed by atoms with Crippen molar-refractivity contribution in [1.29, 1.82) is 0 Å². The summed E-state index contributed by atoms with van der Waals surface area (Å²) in [4.78, 5) is 25.4. The molecule has 0 spiro atoms. The number of benzene rings is 2. The maximum atomic E-state index is 14.3. The second-order valence-corrected chi connectivity index (χ2v) is 5.74. The number of hydrogen-bond donors (Lipinski definition) is 0. The van der Waals surface area contributed by atoms with Crippen molar-refractivity contribution < 1.29 is 18.7 Å². The molecule has 0 aromatic heterocycles. The molecule has 2 aromatic rings. The van der Waals surface area contributed by atoms with E-state index >= 15 is 0 Å². The lowest BCUT2D eigenvalue weighted by molar-refractivity contribution is -0.148. The first-order valence-electron chi connectivity index (χ1n) is 8.21. The lowest BCUT2D eigenvalue weighted by Crippen LogP contribution is -2.34. The first kappa shape index (κ1) is 18.6. The van der Waals surface area contributed by atoms with Gasteiger partial charge < -0.3 is 9.64 Å². The first-order valence-corrected chi connectivity index (χ1v) is 8.21. The highest BCUT2D eigenvalue weighted by Crippen LogP contribution is 2.30. The second-order valence-electron chi connectivity index (χ2n) is 5.74. The van der Waals surface area contributed by atoms with Crippen molar-refractivity contribution in [2.45, 2.75) is 19.3 Å². The number of ether oxygens (including phenoxy) is 1. The monoisotopic (exact) mass is 343 g/mol. The normalized spacial score (nSPS) is 11.6. The predicted molar refractivity (Wildman–Crippen MR) is 93.6 cm³/mol. The molecule has 0 bridgehead atoms. The van der Waals surface area contributed by atoms with Crippen molar-refractivity contribution in [3.63, 3.8) is 0 Å². The number of halogens is 1.